The molecule has 4 rings (SSSR count). The number of amides is 2. The number of aromatic hydroxyl groups is 1. The van der Waals surface area contributed by atoms with Crippen molar-refractivity contribution in [3.05, 3.63) is 62.8 Å². The number of nitrogens with one attached hydrogen (secondary N) is 2. The van der Waals surface area contributed by atoms with Crippen LogP contribution in [0.1, 0.15) is 24.9 Å². The summed E-state index contributed by atoms with van der Waals surface area (Å²) in [6.45, 7) is 0.291. The fourth-order valence-electron chi connectivity index (χ4n) is 3.49. The third kappa shape index (κ3) is 4.43. The van der Waals surface area contributed by atoms with Gasteiger partial charge in [0.15, 0.2) is 0 Å². The first-order valence-corrected chi connectivity index (χ1v) is 12.4. The van der Waals surface area contributed by atoms with Gasteiger partial charge in [-0.15, -0.1) is 11.3 Å². The molecule has 2 heterocycles. The van der Waals surface area contributed by atoms with E-state index < -0.39 is 15.9 Å². The second kappa shape index (κ2) is 8.12. The SMILES string of the molecule is CN1Cc2sc(C(=O)Nc3cc(Cl)cc(NS(C)(=O)=O)c3)cc2-c2c(O)cccc2C1=O. The molecule has 8 nitrogen and oxygen atoms in total. The number of thiophene rings is 1. The van der Waals surface area contributed by atoms with Crippen molar-refractivity contribution in [2.45, 2.75) is 6.54 Å². The van der Waals surface area contributed by atoms with Crippen molar-refractivity contribution in [2.75, 3.05) is 23.3 Å². The third-order valence-electron chi connectivity index (χ3n) is 4.76. The van der Waals surface area contributed by atoms with Crippen LogP contribution in [0.15, 0.2) is 42.5 Å². The van der Waals surface area contributed by atoms with Crippen LogP contribution in [0.3, 0.4) is 0 Å². The van der Waals surface area contributed by atoms with Gasteiger partial charge in [0.1, 0.15) is 5.75 Å². The Morgan fingerprint density at radius 3 is 2.59 bits per heavy atom. The lowest BCUT2D eigenvalue weighted by Crippen LogP contribution is -2.24. The molecule has 0 fully saturated rings. The lowest BCUT2D eigenvalue weighted by molar-refractivity contribution is 0.0789. The van der Waals surface area contributed by atoms with Gasteiger partial charge in [0.05, 0.1) is 28.9 Å². The van der Waals surface area contributed by atoms with Gasteiger partial charge < -0.3 is 15.3 Å². The summed E-state index contributed by atoms with van der Waals surface area (Å²) in [5.74, 6) is -0.680. The van der Waals surface area contributed by atoms with Gasteiger partial charge in [-0.1, -0.05) is 17.7 Å². The van der Waals surface area contributed by atoms with E-state index in [0.29, 0.717) is 33.8 Å². The van der Waals surface area contributed by atoms with Gasteiger partial charge in [0, 0.05) is 33.8 Å². The fourth-order valence-corrected chi connectivity index (χ4v) is 5.39. The molecule has 0 aliphatic carbocycles. The highest BCUT2D eigenvalue weighted by molar-refractivity contribution is 7.92. The van der Waals surface area contributed by atoms with Crippen molar-refractivity contribution in [3.8, 4) is 16.9 Å². The number of rotatable bonds is 4. The molecule has 166 valence electrons. The largest absolute Gasteiger partial charge is 0.507 e. The van der Waals surface area contributed by atoms with Gasteiger partial charge in [0.25, 0.3) is 11.8 Å². The molecule has 11 heteroatoms. The van der Waals surface area contributed by atoms with Gasteiger partial charge in [-0.3, -0.25) is 14.3 Å². The normalized spacial score (nSPS) is 13.2. The van der Waals surface area contributed by atoms with Crippen LogP contribution in [-0.2, 0) is 16.6 Å². The van der Waals surface area contributed by atoms with E-state index in [4.69, 9.17) is 11.6 Å². The Bertz CT molecular complexity index is 1370. The minimum atomic E-state index is -3.51. The first kappa shape index (κ1) is 22.1. The number of hydrogen-bond acceptors (Lipinski definition) is 6. The molecule has 0 radical (unpaired) electrons. The van der Waals surface area contributed by atoms with Gasteiger partial charge in [-0.05, 0) is 36.4 Å². The molecule has 1 aromatic heterocycles. The lowest BCUT2D eigenvalue weighted by Gasteiger charge is -2.14. The number of anilines is 2. The number of sulfonamides is 1. The monoisotopic (exact) mass is 491 g/mol. The number of phenolic OH excluding ortho intramolecular Hbond substituents is 1. The Balaban J connectivity index is 1.69. The van der Waals surface area contributed by atoms with Gasteiger partial charge >= 0.3 is 0 Å². The van der Waals surface area contributed by atoms with E-state index in [1.54, 1.807) is 25.2 Å². The quantitative estimate of drug-likeness (QED) is 0.510. The maximum absolute atomic E-state index is 12.9. The Morgan fingerprint density at radius 1 is 1.16 bits per heavy atom. The number of benzene rings is 2. The molecule has 0 saturated heterocycles. The van der Waals surface area contributed by atoms with Gasteiger partial charge in [0.2, 0.25) is 10.0 Å². The van der Waals surface area contributed by atoms with Crippen molar-refractivity contribution in [3.63, 3.8) is 0 Å². The molecule has 32 heavy (non-hydrogen) atoms. The summed E-state index contributed by atoms with van der Waals surface area (Å²) in [6, 6.07) is 10.8. The molecule has 0 saturated carbocycles. The van der Waals surface area contributed by atoms with Crippen molar-refractivity contribution in [2.24, 2.45) is 0 Å². The maximum Gasteiger partial charge on any atom is 0.265 e. The maximum atomic E-state index is 12.9. The van der Waals surface area contributed by atoms with E-state index in [9.17, 15) is 23.1 Å². The molecule has 0 unspecified atom stereocenters. The van der Waals surface area contributed by atoms with Crippen molar-refractivity contribution in [1.29, 1.82) is 0 Å². The summed E-state index contributed by atoms with van der Waals surface area (Å²) in [5, 5.41) is 13.4. The molecule has 1 aliphatic heterocycles. The highest BCUT2D eigenvalue weighted by Gasteiger charge is 2.28. The standard InChI is InChI=1S/C21H18ClN3O5S2/c1-25-10-18-15(19-14(21(25)28)4-3-5-16(19)26)9-17(31-18)20(27)23-12-6-11(22)7-13(8-12)24-32(2,29)30/h3-9,24,26H,10H2,1-2H3,(H,23,27). The molecule has 0 atom stereocenters. The van der Waals surface area contributed by atoms with Crippen LogP contribution in [-0.4, -0.2) is 43.5 Å². The molecular weight excluding hydrogens is 474 g/mol. The van der Waals surface area contributed by atoms with E-state index in [1.165, 1.54) is 40.5 Å². The lowest BCUT2D eigenvalue weighted by atomic mass is 9.99. The van der Waals surface area contributed by atoms with Crippen molar-refractivity contribution >= 4 is 56.2 Å². The summed E-state index contributed by atoms with van der Waals surface area (Å²) in [4.78, 5) is 28.3. The van der Waals surface area contributed by atoms with Gasteiger partial charge in [-0.2, -0.15) is 0 Å². The smallest absolute Gasteiger partial charge is 0.265 e. The third-order valence-corrected chi connectivity index (χ3v) is 6.70. The summed E-state index contributed by atoms with van der Waals surface area (Å²) < 4.78 is 25.3. The van der Waals surface area contributed by atoms with Crippen LogP contribution in [0.5, 0.6) is 5.75 Å². The molecule has 1 aliphatic rings. The van der Waals surface area contributed by atoms with Crippen LogP contribution >= 0.6 is 22.9 Å². The van der Waals surface area contributed by atoms with Crippen molar-refractivity contribution in [1.82, 2.24) is 4.90 Å². The Labute approximate surface area is 193 Å². The summed E-state index contributed by atoms with van der Waals surface area (Å²) in [7, 11) is -1.85. The predicted molar refractivity (Wildman–Crippen MR) is 125 cm³/mol. The highest BCUT2D eigenvalue weighted by Crippen LogP contribution is 2.42. The number of hydrogen-bond donors (Lipinski definition) is 3. The van der Waals surface area contributed by atoms with Crippen molar-refractivity contribution < 1.29 is 23.1 Å². The van der Waals surface area contributed by atoms with E-state index in [0.717, 1.165) is 11.1 Å². The highest BCUT2D eigenvalue weighted by atomic mass is 35.5. The fraction of sp³-hybridized carbons (Fsp3) is 0.143. The average molecular weight is 492 g/mol. The molecule has 2 aromatic carbocycles. The number of carbonyl (C=O) groups is 2. The van der Waals surface area contributed by atoms with Gasteiger partial charge in [-0.25, -0.2) is 8.42 Å². The first-order valence-electron chi connectivity index (χ1n) is 9.32. The summed E-state index contributed by atoms with van der Waals surface area (Å²) in [5.41, 5.74) is 1.91. The second-order valence-corrected chi connectivity index (χ2v) is 10.7. The van der Waals surface area contributed by atoms with Crippen LogP contribution in [0, 0.1) is 0 Å². The molecule has 0 bridgehead atoms. The molecule has 2 amide bonds. The Morgan fingerprint density at radius 2 is 1.88 bits per heavy atom. The number of phenols is 1. The molecule has 0 spiro atoms. The Kier molecular flexibility index (Phi) is 5.61. The average Bonchev–Trinajstić information content (AvgIpc) is 3.04. The predicted octanol–water partition coefficient (Wildman–Crippen LogP) is 3.98. The second-order valence-electron chi connectivity index (χ2n) is 7.37. The summed E-state index contributed by atoms with van der Waals surface area (Å²) >= 11 is 7.27. The van der Waals surface area contributed by atoms with E-state index in [1.807, 2.05) is 0 Å². The van der Waals surface area contributed by atoms with Crippen LogP contribution in [0.25, 0.3) is 11.1 Å². The summed E-state index contributed by atoms with van der Waals surface area (Å²) in [6.07, 6.45) is 1.01. The number of carbonyl (C=O) groups excluding carboxylic acids is 2. The topological polar surface area (TPSA) is 116 Å². The molecule has 3 aromatic rings. The van der Waals surface area contributed by atoms with Crippen LogP contribution in [0.4, 0.5) is 11.4 Å². The zero-order valence-corrected chi connectivity index (χ0v) is 19.4. The van der Waals surface area contributed by atoms with E-state index in [-0.39, 0.29) is 22.4 Å². The minimum Gasteiger partial charge on any atom is -0.507 e. The van der Waals surface area contributed by atoms with Crippen LogP contribution in [0.2, 0.25) is 5.02 Å². The van der Waals surface area contributed by atoms with E-state index in [2.05, 4.69) is 10.0 Å². The zero-order chi connectivity index (χ0) is 23.2. The van der Waals surface area contributed by atoms with E-state index >= 15 is 0 Å². The first-order chi connectivity index (χ1) is 15.0. The minimum absolute atomic E-state index is 0.0384. The van der Waals surface area contributed by atoms with Crippen LogP contribution < -0.4 is 10.0 Å². The molecule has 3 N–H and O–H groups in total. The zero-order valence-electron chi connectivity index (χ0n) is 17.0. The number of fused-ring (bicyclic) bond motifs is 3. The number of halogens is 1. The Hall–Kier alpha value is -3.08. The molecular formula is C21H18ClN3O5S2. The number of nitrogens with zero attached hydrogens (tertiary/aromatic N) is 1.